The molecule has 1 heterocycles. The number of hydrogen-bond donors (Lipinski definition) is 1. The molecule has 3 nitrogen and oxygen atoms in total. The van der Waals surface area contributed by atoms with Gasteiger partial charge in [-0.1, -0.05) is 12.1 Å². The van der Waals surface area contributed by atoms with Gasteiger partial charge in [0, 0.05) is 12.4 Å². The first-order valence-corrected chi connectivity index (χ1v) is 5.43. The Labute approximate surface area is 98.7 Å². The van der Waals surface area contributed by atoms with Crippen molar-refractivity contribution in [1.82, 2.24) is 4.57 Å². The van der Waals surface area contributed by atoms with Crippen molar-refractivity contribution in [2.24, 2.45) is 0 Å². The highest BCUT2D eigenvalue weighted by Gasteiger charge is 2.05. The minimum Gasteiger partial charge on any atom is -0.323 e. The highest BCUT2D eigenvalue weighted by Crippen LogP contribution is 2.19. The first kappa shape index (κ1) is 10.8. The number of hydrogen-bond acceptors (Lipinski definition) is 1. The van der Waals surface area contributed by atoms with E-state index in [0.29, 0.717) is 0 Å². The third-order valence-electron chi connectivity index (χ3n) is 2.18. The maximum atomic E-state index is 11.3. The van der Waals surface area contributed by atoms with E-state index in [9.17, 15) is 4.79 Å². The number of carbonyl (C=O) groups is 1. The summed E-state index contributed by atoms with van der Waals surface area (Å²) in [6.07, 6.45) is 3.84. The first-order valence-electron chi connectivity index (χ1n) is 4.89. The largest absolute Gasteiger partial charge is 0.323 e. The molecule has 0 unspecified atom stereocenters. The van der Waals surface area contributed by atoms with Crippen molar-refractivity contribution >= 4 is 23.2 Å². The Morgan fingerprint density at radius 3 is 2.56 bits per heavy atom. The number of rotatable bonds is 3. The molecule has 0 spiro atoms. The smallest absolute Gasteiger partial charge is 0.239 e. The molecule has 1 aromatic carbocycles. The van der Waals surface area contributed by atoms with Crippen LogP contribution < -0.4 is 5.32 Å². The molecule has 0 aliphatic rings. The Bertz CT molecular complexity index is 480. The predicted molar refractivity (Wildman–Crippen MR) is 65.1 cm³/mol. The number of anilines is 1. The van der Waals surface area contributed by atoms with Gasteiger partial charge >= 0.3 is 0 Å². The van der Waals surface area contributed by atoms with E-state index in [2.05, 4.69) is 5.32 Å². The lowest BCUT2D eigenvalue weighted by Gasteiger charge is -2.10. The zero-order valence-electron chi connectivity index (χ0n) is 8.56. The summed E-state index contributed by atoms with van der Waals surface area (Å²) in [5.74, 6) is -0.249. The minimum absolute atomic E-state index is 0.0417. The summed E-state index contributed by atoms with van der Waals surface area (Å²) in [5.41, 5.74) is 1.68. The van der Waals surface area contributed by atoms with Crippen LogP contribution in [-0.4, -0.2) is 16.4 Å². The van der Waals surface area contributed by atoms with Crippen LogP contribution in [0.15, 0.2) is 48.8 Å². The van der Waals surface area contributed by atoms with E-state index in [-0.39, 0.29) is 11.8 Å². The molecular formula is C12H11ClN2O. The molecule has 2 aromatic rings. The molecule has 16 heavy (non-hydrogen) atoms. The Balaban J connectivity index is 2.35. The van der Waals surface area contributed by atoms with Crippen LogP contribution in [0.3, 0.4) is 0 Å². The van der Waals surface area contributed by atoms with Crippen molar-refractivity contribution in [3.8, 4) is 5.69 Å². The summed E-state index contributed by atoms with van der Waals surface area (Å²) >= 11 is 5.46. The van der Waals surface area contributed by atoms with Crippen LogP contribution in [-0.2, 0) is 4.79 Å². The Morgan fingerprint density at radius 1 is 1.19 bits per heavy atom. The maximum absolute atomic E-state index is 11.3. The van der Waals surface area contributed by atoms with Gasteiger partial charge in [-0.15, -0.1) is 11.6 Å². The number of halogens is 1. The van der Waals surface area contributed by atoms with Gasteiger partial charge in [0.1, 0.15) is 5.88 Å². The topological polar surface area (TPSA) is 34.0 Å². The van der Waals surface area contributed by atoms with Crippen LogP contribution in [0.5, 0.6) is 0 Å². The quantitative estimate of drug-likeness (QED) is 0.814. The van der Waals surface area contributed by atoms with Crippen LogP contribution in [0.1, 0.15) is 0 Å². The van der Waals surface area contributed by atoms with Crippen LogP contribution in [0, 0.1) is 0 Å². The molecule has 82 valence electrons. The van der Waals surface area contributed by atoms with Crippen LogP contribution in [0.2, 0.25) is 0 Å². The van der Waals surface area contributed by atoms with E-state index in [0.717, 1.165) is 11.4 Å². The standard InChI is InChI=1S/C12H11ClN2O/c13-9-12(16)14-10-5-1-2-6-11(10)15-7-3-4-8-15/h1-8H,9H2,(H,14,16). The highest BCUT2D eigenvalue weighted by atomic mass is 35.5. The summed E-state index contributed by atoms with van der Waals surface area (Å²) in [6, 6.07) is 11.4. The first-order chi connectivity index (χ1) is 7.81. The van der Waals surface area contributed by atoms with Crippen LogP contribution in [0.25, 0.3) is 5.69 Å². The molecule has 1 N–H and O–H groups in total. The highest BCUT2D eigenvalue weighted by molar-refractivity contribution is 6.29. The zero-order valence-corrected chi connectivity index (χ0v) is 9.32. The van der Waals surface area contributed by atoms with Gasteiger partial charge in [0.05, 0.1) is 11.4 Å². The summed E-state index contributed by atoms with van der Waals surface area (Å²) in [7, 11) is 0. The normalized spacial score (nSPS) is 10.1. The SMILES string of the molecule is O=C(CCl)Nc1ccccc1-n1cccc1. The molecule has 4 heteroatoms. The number of aromatic nitrogens is 1. The number of nitrogens with one attached hydrogen (secondary N) is 1. The van der Waals surface area contributed by atoms with E-state index in [4.69, 9.17) is 11.6 Å². The van der Waals surface area contributed by atoms with Gasteiger partial charge in [-0.25, -0.2) is 0 Å². The molecule has 0 aliphatic carbocycles. The van der Waals surface area contributed by atoms with E-state index in [1.165, 1.54) is 0 Å². The maximum Gasteiger partial charge on any atom is 0.239 e. The summed E-state index contributed by atoms with van der Waals surface area (Å²) in [5, 5.41) is 2.76. The lowest BCUT2D eigenvalue weighted by Crippen LogP contribution is -2.14. The third kappa shape index (κ3) is 2.25. The van der Waals surface area contributed by atoms with Gasteiger partial charge < -0.3 is 9.88 Å². The third-order valence-corrected chi connectivity index (χ3v) is 2.42. The summed E-state index contributed by atoms with van der Waals surface area (Å²) < 4.78 is 1.93. The van der Waals surface area contributed by atoms with Crippen molar-refractivity contribution in [3.05, 3.63) is 48.8 Å². The van der Waals surface area contributed by atoms with Crippen molar-refractivity contribution in [3.63, 3.8) is 0 Å². The van der Waals surface area contributed by atoms with Gasteiger partial charge in [0.25, 0.3) is 0 Å². The lowest BCUT2D eigenvalue weighted by atomic mass is 10.2. The van der Waals surface area contributed by atoms with Gasteiger partial charge in [0.2, 0.25) is 5.91 Å². The van der Waals surface area contributed by atoms with Crippen LogP contribution >= 0.6 is 11.6 Å². The van der Waals surface area contributed by atoms with E-state index < -0.39 is 0 Å². The molecule has 1 aromatic heterocycles. The Kier molecular flexibility index (Phi) is 3.27. The molecule has 0 saturated carbocycles. The number of amides is 1. The summed E-state index contributed by atoms with van der Waals surface area (Å²) in [6.45, 7) is 0. The molecule has 2 rings (SSSR count). The average molecular weight is 235 g/mol. The Morgan fingerprint density at radius 2 is 1.88 bits per heavy atom. The molecular weight excluding hydrogens is 224 g/mol. The monoisotopic (exact) mass is 234 g/mol. The van der Waals surface area contributed by atoms with Crippen molar-refractivity contribution < 1.29 is 4.79 Å². The van der Waals surface area contributed by atoms with Crippen molar-refractivity contribution in [2.45, 2.75) is 0 Å². The predicted octanol–water partition coefficient (Wildman–Crippen LogP) is 2.65. The lowest BCUT2D eigenvalue weighted by molar-refractivity contribution is -0.113. The number of nitrogens with zero attached hydrogens (tertiary/aromatic N) is 1. The second kappa shape index (κ2) is 4.86. The second-order valence-electron chi connectivity index (χ2n) is 3.29. The number of para-hydroxylation sites is 2. The van der Waals surface area contributed by atoms with E-state index >= 15 is 0 Å². The fourth-order valence-corrected chi connectivity index (χ4v) is 1.55. The average Bonchev–Trinajstić information content (AvgIpc) is 2.83. The molecule has 0 radical (unpaired) electrons. The number of alkyl halides is 1. The fourth-order valence-electron chi connectivity index (χ4n) is 1.48. The Hall–Kier alpha value is -1.74. The molecule has 0 saturated heterocycles. The number of carbonyl (C=O) groups excluding carboxylic acids is 1. The summed E-state index contributed by atoms with van der Waals surface area (Å²) in [4.78, 5) is 11.3. The van der Waals surface area contributed by atoms with Gasteiger partial charge in [-0.3, -0.25) is 4.79 Å². The van der Waals surface area contributed by atoms with Crippen molar-refractivity contribution in [1.29, 1.82) is 0 Å². The van der Waals surface area contributed by atoms with Crippen LogP contribution in [0.4, 0.5) is 5.69 Å². The molecule has 0 atom stereocenters. The second-order valence-corrected chi connectivity index (χ2v) is 3.56. The van der Waals surface area contributed by atoms with Gasteiger partial charge in [0.15, 0.2) is 0 Å². The molecule has 0 fully saturated rings. The zero-order chi connectivity index (χ0) is 11.4. The van der Waals surface area contributed by atoms with Gasteiger partial charge in [-0.05, 0) is 24.3 Å². The van der Waals surface area contributed by atoms with Crippen molar-refractivity contribution in [2.75, 3.05) is 11.2 Å². The number of benzene rings is 1. The van der Waals surface area contributed by atoms with E-state index in [1.54, 1.807) is 0 Å². The molecule has 0 bridgehead atoms. The molecule has 0 aliphatic heterocycles. The fraction of sp³-hybridized carbons (Fsp3) is 0.0833. The molecule has 1 amide bonds. The minimum atomic E-state index is -0.207. The van der Waals surface area contributed by atoms with E-state index in [1.807, 2.05) is 53.4 Å². The van der Waals surface area contributed by atoms with Gasteiger partial charge in [-0.2, -0.15) is 0 Å².